The van der Waals surface area contributed by atoms with Crippen LogP contribution < -0.4 is 11.2 Å². The van der Waals surface area contributed by atoms with Crippen molar-refractivity contribution in [1.82, 2.24) is 5.43 Å². The normalized spacial score (nSPS) is 10.2. The topological polar surface area (TPSA) is 67.5 Å². The van der Waals surface area contributed by atoms with E-state index in [2.05, 4.69) is 33.1 Å². The molecule has 1 rings (SSSR count). The Morgan fingerprint density at radius 2 is 2.08 bits per heavy atom. The van der Waals surface area contributed by atoms with Crippen molar-refractivity contribution in [3.05, 3.63) is 33.4 Å². The molecule has 0 fully saturated rings. The molecular formula is C8H8IN3O. The number of hydrazone groups is 1. The highest BCUT2D eigenvalue weighted by atomic mass is 127. The van der Waals surface area contributed by atoms with E-state index in [1.165, 1.54) is 6.21 Å². The van der Waals surface area contributed by atoms with Crippen molar-refractivity contribution in [3.63, 3.8) is 0 Å². The van der Waals surface area contributed by atoms with Crippen LogP contribution in [0, 0.1) is 3.57 Å². The molecule has 0 heterocycles. The Hall–Kier alpha value is -1.11. The van der Waals surface area contributed by atoms with E-state index >= 15 is 0 Å². The molecule has 4 nitrogen and oxygen atoms in total. The number of benzene rings is 1. The number of nitrogens with two attached hydrogens (primary N) is 1. The van der Waals surface area contributed by atoms with Gasteiger partial charge in [0.05, 0.1) is 6.21 Å². The second kappa shape index (κ2) is 4.80. The molecule has 0 bridgehead atoms. The number of nitrogens with zero attached hydrogens (tertiary/aromatic N) is 1. The lowest BCUT2D eigenvalue weighted by Crippen LogP contribution is -2.24. The highest BCUT2D eigenvalue weighted by Gasteiger charge is 1.88. The van der Waals surface area contributed by atoms with E-state index in [-0.39, 0.29) is 0 Å². The van der Waals surface area contributed by atoms with E-state index in [0.717, 1.165) is 9.13 Å². The third-order valence-electron chi connectivity index (χ3n) is 1.26. The first-order valence-corrected chi connectivity index (χ1v) is 4.60. The van der Waals surface area contributed by atoms with Crippen molar-refractivity contribution in [2.24, 2.45) is 10.8 Å². The number of halogens is 1. The fraction of sp³-hybridized carbons (Fsp3) is 0. The highest BCUT2D eigenvalue weighted by Crippen LogP contribution is 2.04. The molecule has 0 unspecified atom stereocenters. The Morgan fingerprint density at radius 3 is 2.62 bits per heavy atom. The Labute approximate surface area is 89.3 Å². The van der Waals surface area contributed by atoms with Crippen LogP contribution in [0.3, 0.4) is 0 Å². The number of carbonyl (C=O) groups excluding carboxylic acids is 1. The number of urea groups is 1. The lowest BCUT2D eigenvalue weighted by atomic mass is 10.2. The number of carbonyl (C=O) groups is 1. The molecule has 1 aromatic rings. The molecule has 13 heavy (non-hydrogen) atoms. The Kier molecular flexibility index (Phi) is 3.69. The molecule has 0 aliphatic carbocycles. The quantitative estimate of drug-likeness (QED) is 0.481. The van der Waals surface area contributed by atoms with E-state index in [1.54, 1.807) is 0 Å². The van der Waals surface area contributed by atoms with Gasteiger partial charge in [-0.3, -0.25) is 0 Å². The van der Waals surface area contributed by atoms with Crippen molar-refractivity contribution in [2.75, 3.05) is 0 Å². The minimum Gasteiger partial charge on any atom is -0.350 e. The molecule has 2 amide bonds. The van der Waals surface area contributed by atoms with E-state index in [9.17, 15) is 4.79 Å². The van der Waals surface area contributed by atoms with Gasteiger partial charge in [-0.1, -0.05) is 12.1 Å². The molecule has 0 radical (unpaired) electrons. The van der Waals surface area contributed by atoms with Crippen LogP contribution >= 0.6 is 22.6 Å². The van der Waals surface area contributed by atoms with Crippen LogP contribution in [0.15, 0.2) is 29.4 Å². The van der Waals surface area contributed by atoms with Crippen molar-refractivity contribution >= 4 is 34.8 Å². The number of amides is 2. The maximum Gasteiger partial charge on any atom is 0.332 e. The van der Waals surface area contributed by atoms with Gasteiger partial charge in [-0.05, 0) is 40.3 Å². The van der Waals surface area contributed by atoms with Gasteiger partial charge in [-0.2, -0.15) is 5.10 Å². The molecule has 0 spiro atoms. The molecule has 0 aliphatic heterocycles. The van der Waals surface area contributed by atoms with Gasteiger partial charge in [-0.25, -0.2) is 10.2 Å². The zero-order chi connectivity index (χ0) is 9.68. The zero-order valence-electron chi connectivity index (χ0n) is 6.70. The van der Waals surface area contributed by atoms with Crippen LogP contribution in [0.5, 0.6) is 0 Å². The Bertz CT molecular complexity index is 321. The molecule has 0 aromatic heterocycles. The fourth-order valence-corrected chi connectivity index (χ4v) is 1.08. The van der Waals surface area contributed by atoms with Crippen molar-refractivity contribution in [2.45, 2.75) is 0 Å². The number of nitrogens with one attached hydrogen (secondary N) is 1. The molecular weight excluding hydrogens is 281 g/mol. The fourth-order valence-electron chi connectivity index (χ4n) is 0.719. The van der Waals surface area contributed by atoms with Gasteiger partial charge in [-0.15, -0.1) is 0 Å². The summed E-state index contributed by atoms with van der Waals surface area (Å²) in [6.07, 6.45) is 1.53. The maximum absolute atomic E-state index is 10.2. The number of hydrogen-bond donors (Lipinski definition) is 2. The molecule has 0 saturated carbocycles. The van der Waals surface area contributed by atoms with Gasteiger partial charge in [0, 0.05) is 3.57 Å². The predicted molar refractivity (Wildman–Crippen MR) is 59.5 cm³/mol. The molecule has 0 atom stereocenters. The molecule has 3 N–H and O–H groups in total. The summed E-state index contributed by atoms with van der Waals surface area (Å²) >= 11 is 2.21. The first-order valence-electron chi connectivity index (χ1n) is 3.52. The first kappa shape index (κ1) is 9.97. The average molecular weight is 289 g/mol. The van der Waals surface area contributed by atoms with Crippen LogP contribution in [-0.2, 0) is 0 Å². The van der Waals surface area contributed by atoms with E-state index in [0.29, 0.717) is 0 Å². The maximum atomic E-state index is 10.2. The summed E-state index contributed by atoms with van der Waals surface area (Å²) in [6, 6.07) is 7.03. The second-order valence-corrected chi connectivity index (χ2v) is 3.53. The summed E-state index contributed by atoms with van der Waals surface area (Å²) in [7, 11) is 0. The summed E-state index contributed by atoms with van der Waals surface area (Å²) in [5, 5.41) is 3.62. The predicted octanol–water partition coefficient (Wildman–Crippen LogP) is 1.29. The summed E-state index contributed by atoms with van der Waals surface area (Å²) in [6.45, 7) is 0. The monoisotopic (exact) mass is 289 g/mol. The third-order valence-corrected chi connectivity index (χ3v) is 1.98. The first-order chi connectivity index (χ1) is 6.18. The van der Waals surface area contributed by atoms with Crippen molar-refractivity contribution < 1.29 is 4.79 Å². The molecule has 0 aliphatic rings. The summed E-state index contributed by atoms with van der Waals surface area (Å²) in [4.78, 5) is 10.2. The SMILES string of the molecule is NC(=O)N/N=C/c1ccc(I)cc1. The summed E-state index contributed by atoms with van der Waals surface area (Å²) < 4.78 is 1.15. The standard InChI is InChI=1S/C8H8IN3O/c9-7-3-1-6(2-4-7)5-11-12-8(10)13/h1-5H,(H3,10,12,13)/b11-5+. The van der Waals surface area contributed by atoms with E-state index in [1.807, 2.05) is 24.3 Å². The van der Waals surface area contributed by atoms with E-state index in [4.69, 9.17) is 5.73 Å². The Balaban J connectivity index is 2.59. The smallest absolute Gasteiger partial charge is 0.332 e. The lowest BCUT2D eigenvalue weighted by molar-refractivity contribution is 0.249. The lowest BCUT2D eigenvalue weighted by Gasteiger charge is -1.93. The summed E-state index contributed by atoms with van der Waals surface area (Å²) in [5.74, 6) is 0. The van der Waals surface area contributed by atoms with Gasteiger partial charge < -0.3 is 5.73 Å². The van der Waals surface area contributed by atoms with Crippen LogP contribution in [0.25, 0.3) is 0 Å². The van der Waals surface area contributed by atoms with Crippen LogP contribution in [0.2, 0.25) is 0 Å². The third kappa shape index (κ3) is 3.88. The number of rotatable bonds is 2. The van der Waals surface area contributed by atoms with Crippen LogP contribution in [0.1, 0.15) is 5.56 Å². The van der Waals surface area contributed by atoms with Gasteiger partial charge in [0.2, 0.25) is 0 Å². The number of hydrogen-bond acceptors (Lipinski definition) is 2. The van der Waals surface area contributed by atoms with Crippen LogP contribution in [-0.4, -0.2) is 12.2 Å². The van der Waals surface area contributed by atoms with E-state index < -0.39 is 6.03 Å². The van der Waals surface area contributed by atoms with Crippen LogP contribution in [0.4, 0.5) is 4.79 Å². The summed E-state index contributed by atoms with van der Waals surface area (Å²) in [5.41, 5.74) is 7.84. The van der Waals surface area contributed by atoms with Gasteiger partial charge in [0.25, 0.3) is 0 Å². The minimum absolute atomic E-state index is 0.665. The largest absolute Gasteiger partial charge is 0.350 e. The van der Waals surface area contributed by atoms with Gasteiger partial charge in [0.1, 0.15) is 0 Å². The second-order valence-electron chi connectivity index (χ2n) is 2.29. The molecule has 0 saturated heterocycles. The highest BCUT2D eigenvalue weighted by molar-refractivity contribution is 14.1. The molecule has 68 valence electrons. The minimum atomic E-state index is -0.665. The average Bonchev–Trinajstić information content (AvgIpc) is 2.08. The van der Waals surface area contributed by atoms with Gasteiger partial charge >= 0.3 is 6.03 Å². The zero-order valence-corrected chi connectivity index (χ0v) is 8.86. The van der Waals surface area contributed by atoms with Crippen molar-refractivity contribution in [1.29, 1.82) is 0 Å². The Morgan fingerprint density at radius 1 is 1.46 bits per heavy atom. The van der Waals surface area contributed by atoms with Crippen molar-refractivity contribution in [3.8, 4) is 0 Å². The number of primary amides is 1. The van der Waals surface area contributed by atoms with Gasteiger partial charge in [0.15, 0.2) is 0 Å². The molecule has 5 heteroatoms. The molecule has 1 aromatic carbocycles.